The predicted octanol–water partition coefficient (Wildman–Crippen LogP) is 0.0886. The van der Waals surface area contributed by atoms with Gasteiger partial charge in [0.2, 0.25) is 12.2 Å². The normalized spacial score (nSPS) is 9.18. The number of nitrogens with one attached hydrogen (secondary N) is 2. The van der Waals surface area contributed by atoms with Crippen LogP contribution in [0.1, 0.15) is 5.56 Å². The maximum absolute atomic E-state index is 11.4. The van der Waals surface area contributed by atoms with E-state index in [2.05, 4.69) is 17.2 Å². The molecule has 0 aliphatic heterocycles. The van der Waals surface area contributed by atoms with Gasteiger partial charge in [0.25, 0.3) is 5.91 Å². The van der Waals surface area contributed by atoms with Gasteiger partial charge in [-0.25, -0.2) is 0 Å². The first-order valence-corrected chi connectivity index (χ1v) is 4.90. The lowest BCUT2D eigenvalue weighted by Crippen LogP contribution is -2.35. The Bertz CT molecular complexity index is 440. The first-order chi connectivity index (χ1) is 8.15. The molecule has 0 unspecified atom stereocenters. The fraction of sp³-hybridized carbons (Fsp3) is 0.0833. The largest absolute Gasteiger partial charge is 0.351 e. The third-order valence-electron chi connectivity index (χ3n) is 1.99. The van der Waals surface area contributed by atoms with Crippen molar-refractivity contribution < 1.29 is 14.4 Å². The van der Waals surface area contributed by atoms with Crippen LogP contribution in [0.4, 0.5) is 0 Å². The number of hydrogen-bond acceptors (Lipinski definition) is 3. The molecule has 17 heavy (non-hydrogen) atoms. The van der Waals surface area contributed by atoms with E-state index in [0.717, 1.165) is 5.56 Å². The van der Waals surface area contributed by atoms with E-state index < -0.39 is 11.7 Å². The third kappa shape index (κ3) is 3.90. The second kappa shape index (κ2) is 6.22. The molecule has 0 radical (unpaired) electrons. The summed E-state index contributed by atoms with van der Waals surface area (Å²) in [5.74, 6) is -1.53. The molecule has 88 valence electrons. The van der Waals surface area contributed by atoms with Crippen LogP contribution in [0, 0.1) is 0 Å². The molecule has 0 bridgehead atoms. The molecule has 1 rings (SSSR count). The summed E-state index contributed by atoms with van der Waals surface area (Å²) in [5, 5.41) is 4.49. The number of Topliss-reactive ketones (excluding diaryl/α,β-unsaturated/α-hetero) is 1. The van der Waals surface area contributed by atoms with E-state index in [1.54, 1.807) is 24.3 Å². The smallest absolute Gasteiger partial charge is 0.293 e. The molecule has 0 saturated carbocycles. The van der Waals surface area contributed by atoms with E-state index in [4.69, 9.17) is 0 Å². The van der Waals surface area contributed by atoms with Gasteiger partial charge in [-0.1, -0.05) is 36.9 Å². The van der Waals surface area contributed by atoms with Crippen molar-refractivity contribution in [3.63, 3.8) is 0 Å². The Hall–Kier alpha value is -2.43. The molecule has 0 aliphatic carbocycles. The van der Waals surface area contributed by atoms with Gasteiger partial charge in [0.1, 0.15) is 0 Å². The minimum Gasteiger partial charge on any atom is -0.351 e. The Kier molecular flexibility index (Phi) is 4.62. The van der Waals surface area contributed by atoms with Crippen molar-refractivity contribution in [1.82, 2.24) is 10.6 Å². The number of ketones is 1. The van der Waals surface area contributed by atoms with Crippen molar-refractivity contribution in [1.29, 1.82) is 0 Å². The van der Waals surface area contributed by atoms with Crippen LogP contribution >= 0.6 is 0 Å². The van der Waals surface area contributed by atoms with Crippen molar-refractivity contribution in [2.24, 2.45) is 0 Å². The van der Waals surface area contributed by atoms with E-state index in [0.29, 0.717) is 12.1 Å². The van der Waals surface area contributed by atoms with Gasteiger partial charge >= 0.3 is 0 Å². The maximum Gasteiger partial charge on any atom is 0.293 e. The SMILES string of the molecule is C=C(NC(=O)C(=O)CNC=O)c1ccccc1. The maximum atomic E-state index is 11.4. The Morgan fingerprint density at radius 1 is 1.24 bits per heavy atom. The van der Waals surface area contributed by atoms with Gasteiger partial charge in [0, 0.05) is 5.70 Å². The summed E-state index contributed by atoms with van der Waals surface area (Å²) in [6.45, 7) is 3.33. The van der Waals surface area contributed by atoms with Crippen molar-refractivity contribution >= 4 is 23.8 Å². The molecular weight excluding hydrogens is 220 g/mol. The second-order valence-corrected chi connectivity index (χ2v) is 3.22. The summed E-state index contributed by atoms with van der Waals surface area (Å²) in [5.41, 5.74) is 1.06. The summed E-state index contributed by atoms with van der Waals surface area (Å²) in [4.78, 5) is 32.5. The van der Waals surface area contributed by atoms with Gasteiger partial charge in [-0.15, -0.1) is 0 Å². The van der Waals surface area contributed by atoms with Gasteiger partial charge in [-0.05, 0) is 5.56 Å². The highest BCUT2D eigenvalue weighted by molar-refractivity contribution is 6.38. The molecular formula is C12H12N2O3. The van der Waals surface area contributed by atoms with Gasteiger partial charge in [-0.2, -0.15) is 0 Å². The topological polar surface area (TPSA) is 75.3 Å². The number of amides is 2. The molecule has 0 aliphatic rings. The highest BCUT2D eigenvalue weighted by Gasteiger charge is 2.13. The van der Waals surface area contributed by atoms with E-state index in [9.17, 15) is 14.4 Å². The highest BCUT2D eigenvalue weighted by Crippen LogP contribution is 2.07. The molecule has 2 N–H and O–H groups in total. The molecule has 5 nitrogen and oxygen atoms in total. The van der Waals surface area contributed by atoms with Crippen molar-refractivity contribution in [3.8, 4) is 0 Å². The number of benzene rings is 1. The van der Waals surface area contributed by atoms with E-state index in [-0.39, 0.29) is 6.54 Å². The monoisotopic (exact) mass is 232 g/mol. The van der Waals surface area contributed by atoms with Crippen LogP contribution in [0.3, 0.4) is 0 Å². The summed E-state index contributed by atoms with van der Waals surface area (Å²) in [6, 6.07) is 8.94. The third-order valence-corrected chi connectivity index (χ3v) is 1.99. The molecule has 1 aromatic rings. The Balaban J connectivity index is 2.55. The molecule has 2 amide bonds. The summed E-state index contributed by atoms with van der Waals surface area (Å²) >= 11 is 0. The van der Waals surface area contributed by atoms with Gasteiger partial charge < -0.3 is 10.6 Å². The fourth-order valence-electron chi connectivity index (χ4n) is 1.13. The average molecular weight is 232 g/mol. The van der Waals surface area contributed by atoms with Crippen molar-refractivity contribution in [2.75, 3.05) is 6.54 Å². The quantitative estimate of drug-likeness (QED) is 0.539. The molecule has 0 atom stereocenters. The first-order valence-electron chi connectivity index (χ1n) is 4.90. The molecule has 0 aromatic heterocycles. The van der Waals surface area contributed by atoms with Crippen LogP contribution in [-0.2, 0) is 14.4 Å². The van der Waals surface area contributed by atoms with Crippen LogP contribution in [0.15, 0.2) is 36.9 Å². The zero-order chi connectivity index (χ0) is 12.7. The fourth-order valence-corrected chi connectivity index (χ4v) is 1.13. The van der Waals surface area contributed by atoms with Crippen LogP contribution in [0.25, 0.3) is 5.70 Å². The highest BCUT2D eigenvalue weighted by atomic mass is 16.2. The molecule has 0 fully saturated rings. The average Bonchev–Trinajstić information content (AvgIpc) is 2.36. The van der Waals surface area contributed by atoms with Crippen LogP contribution in [0.2, 0.25) is 0 Å². The van der Waals surface area contributed by atoms with Crippen LogP contribution in [0.5, 0.6) is 0 Å². The lowest BCUT2D eigenvalue weighted by molar-refractivity contribution is -0.136. The summed E-state index contributed by atoms with van der Waals surface area (Å²) in [6.07, 6.45) is 0.358. The van der Waals surface area contributed by atoms with Gasteiger partial charge in [0.15, 0.2) is 0 Å². The first kappa shape index (κ1) is 12.6. The number of carbonyl (C=O) groups excluding carboxylic acids is 3. The van der Waals surface area contributed by atoms with E-state index in [1.165, 1.54) is 0 Å². The molecule has 0 spiro atoms. The molecule has 1 aromatic carbocycles. The summed E-state index contributed by atoms with van der Waals surface area (Å²) < 4.78 is 0. The lowest BCUT2D eigenvalue weighted by Gasteiger charge is -2.07. The van der Waals surface area contributed by atoms with Crippen LogP contribution < -0.4 is 10.6 Å². The zero-order valence-corrected chi connectivity index (χ0v) is 9.10. The zero-order valence-electron chi connectivity index (χ0n) is 9.10. The summed E-state index contributed by atoms with van der Waals surface area (Å²) in [7, 11) is 0. The molecule has 5 heteroatoms. The standard InChI is InChI=1S/C12H12N2O3/c1-9(10-5-3-2-4-6-10)14-12(17)11(16)7-13-8-15/h2-6,8H,1,7H2,(H,13,15)(H,14,17). The van der Waals surface area contributed by atoms with Crippen molar-refractivity contribution in [3.05, 3.63) is 42.5 Å². The molecule has 0 saturated heterocycles. The van der Waals surface area contributed by atoms with E-state index in [1.807, 2.05) is 6.07 Å². The van der Waals surface area contributed by atoms with Crippen LogP contribution in [-0.4, -0.2) is 24.6 Å². The predicted molar refractivity (Wildman–Crippen MR) is 62.7 cm³/mol. The number of rotatable bonds is 6. The Morgan fingerprint density at radius 2 is 1.88 bits per heavy atom. The number of hydrogen-bond donors (Lipinski definition) is 2. The van der Waals surface area contributed by atoms with Gasteiger partial charge in [-0.3, -0.25) is 14.4 Å². The van der Waals surface area contributed by atoms with Crippen molar-refractivity contribution in [2.45, 2.75) is 0 Å². The minimum absolute atomic E-state index is 0.322. The Morgan fingerprint density at radius 3 is 2.47 bits per heavy atom. The van der Waals surface area contributed by atoms with Gasteiger partial charge in [0.05, 0.1) is 6.54 Å². The Labute approximate surface area is 98.5 Å². The second-order valence-electron chi connectivity index (χ2n) is 3.22. The molecule has 0 heterocycles. The lowest BCUT2D eigenvalue weighted by atomic mass is 10.2. The minimum atomic E-state index is -0.798. The number of carbonyl (C=O) groups is 3. The van der Waals surface area contributed by atoms with E-state index >= 15 is 0 Å².